The second-order valence-corrected chi connectivity index (χ2v) is 7.08. The van der Waals surface area contributed by atoms with Crippen LogP contribution in [0.2, 0.25) is 0 Å². The maximum Gasteiger partial charge on any atom is 0.0126 e. The van der Waals surface area contributed by atoms with Gasteiger partial charge in [-0.25, -0.2) is 0 Å². The number of hydrogen-bond donors (Lipinski definition) is 1. The molecule has 1 aliphatic carbocycles. The SMILES string of the molecule is CC(NCCN1CCN(C(C)(C)C)CC1)C1CC1. The Balaban J connectivity index is 1.58. The highest BCUT2D eigenvalue weighted by Crippen LogP contribution is 2.32. The van der Waals surface area contributed by atoms with Crippen LogP contribution in [0, 0.1) is 5.92 Å². The maximum absolute atomic E-state index is 3.68. The molecule has 0 aromatic heterocycles. The highest BCUT2D eigenvalue weighted by molar-refractivity contribution is 4.84. The molecule has 18 heavy (non-hydrogen) atoms. The van der Waals surface area contributed by atoms with Crippen molar-refractivity contribution in [3.63, 3.8) is 0 Å². The summed E-state index contributed by atoms with van der Waals surface area (Å²) in [4.78, 5) is 5.21. The number of piperazine rings is 1. The highest BCUT2D eigenvalue weighted by Gasteiger charge is 2.28. The second kappa shape index (κ2) is 5.89. The van der Waals surface area contributed by atoms with Gasteiger partial charge in [-0.15, -0.1) is 0 Å². The standard InChI is InChI=1S/C15H31N3/c1-13(14-5-6-14)16-7-8-17-9-11-18(12-10-17)15(2,3)4/h13-14,16H,5-12H2,1-4H3. The van der Waals surface area contributed by atoms with Crippen LogP contribution in [0.25, 0.3) is 0 Å². The van der Waals surface area contributed by atoms with Crippen LogP contribution >= 0.6 is 0 Å². The third-order valence-electron chi connectivity index (χ3n) is 4.54. The van der Waals surface area contributed by atoms with Gasteiger partial charge >= 0.3 is 0 Å². The lowest BCUT2D eigenvalue weighted by Crippen LogP contribution is -2.54. The molecule has 3 nitrogen and oxygen atoms in total. The Hall–Kier alpha value is -0.120. The lowest BCUT2D eigenvalue weighted by Gasteiger charge is -2.42. The molecule has 3 heteroatoms. The zero-order valence-corrected chi connectivity index (χ0v) is 12.7. The Morgan fingerprint density at radius 3 is 2.22 bits per heavy atom. The van der Waals surface area contributed by atoms with Gasteiger partial charge in [0.05, 0.1) is 0 Å². The molecular formula is C15H31N3. The van der Waals surface area contributed by atoms with E-state index < -0.39 is 0 Å². The fourth-order valence-corrected chi connectivity index (χ4v) is 2.86. The molecule has 2 aliphatic rings. The summed E-state index contributed by atoms with van der Waals surface area (Å²) in [5.74, 6) is 0.975. The third-order valence-corrected chi connectivity index (χ3v) is 4.54. The van der Waals surface area contributed by atoms with E-state index >= 15 is 0 Å². The summed E-state index contributed by atoms with van der Waals surface area (Å²) < 4.78 is 0. The number of rotatable bonds is 5. The van der Waals surface area contributed by atoms with Gasteiger partial charge in [-0.1, -0.05) is 0 Å². The fourth-order valence-electron chi connectivity index (χ4n) is 2.86. The van der Waals surface area contributed by atoms with Crippen molar-refractivity contribution in [1.82, 2.24) is 15.1 Å². The molecule has 1 saturated carbocycles. The molecule has 1 heterocycles. The van der Waals surface area contributed by atoms with Crippen LogP contribution in [0.15, 0.2) is 0 Å². The molecule has 1 unspecified atom stereocenters. The zero-order chi connectivity index (χ0) is 13.2. The summed E-state index contributed by atoms with van der Waals surface area (Å²) in [5.41, 5.74) is 0.338. The van der Waals surface area contributed by atoms with Gasteiger partial charge in [0.1, 0.15) is 0 Å². The van der Waals surface area contributed by atoms with Crippen molar-refractivity contribution in [1.29, 1.82) is 0 Å². The van der Waals surface area contributed by atoms with Gasteiger partial charge in [0.2, 0.25) is 0 Å². The summed E-state index contributed by atoms with van der Waals surface area (Å²) in [7, 11) is 0. The highest BCUT2D eigenvalue weighted by atomic mass is 15.3. The number of nitrogens with zero attached hydrogens (tertiary/aromatic N) is 2. The summed E-state index contributed by atoms with van der Waals surface area (Å²) >= 11 is 0. The first-order valence-corrected chi connectivity index (χ1v) is 7.67. The van der Waals surface area contributed by atoms with Crippen molar-refractivity contribution in [3.8, 4) is 0 Å². The van der Waals surface area contributed by atoms with Crippen molar-refractivity contribution in [3.05, 3.63) is 0 Å². The Labute approximate surface area is 113 Å². The molecule has 2 fully saturated rings. The third kappa shape index (κ3) is 4.22. The largest absolute Gasteiger partial charge is 0.313 e. The molecule has 106 valence electrons. The van der Waals surface area contributed by atoms with E-state index in [-0.39, 0.29) is 0 Å². The van der Waals surface area contributed by atoms with Gasteiger partial charge in [0.25, 0.3) is 0 Å². The molecule has 0 aromatic carbocycles. The lowest BCUT2D eigenvalue weighted by atomic mass is 10.1. The van der Waals surface area contributed by atoms with E-state index in [1.807, 2.05) is 0 Å². The maximum atomic E-state index is 3.68. The van der Waals surface area contributed by atoms with Crippen molar-refractivity contribution in [2.24, 2.45) is 5.92 Å². The summed E-state index contributed by atoms with van der Waals surface area (Å²) in [6.07, 6.45) is 2.89. The minimum absolute atomic E-state index is 0.338. The van der Waals surface area contributed by atoms with Crippen LogP contribution in [0.1, 0.15) is 40.5 Å². The predicted molar refractivity (Wildman–Crippen MR) is 78.0 cm³/mol. The minimum atomic E-state index is 0.338. The second-order valence-electron chi connectivity index (χ2n) is 7.08. The lowest BCUT2D eigenvalue weighted by molar-refractivity contribution is 0.0625. The van der Waals surface area contributed by atoms with Crippen LogP contribution in [-0.4, -0.2) is 60.6 Å². The van der Waals surface area contributed by atoms with Crippen LogP contribution in [0.5, 0.6) is 0 Å². The van der Waals surface area contributed by atoms with Gasteiger partial charge in [-0.05, 0) is 46.5 Å². The van der Waals surface area contributed by atoms with Crippen molar-refractivity contribution < 1.29 is 0 Å². The zero-order valence-electron chi connectivity index (χ0n) is 12.7. The molecule has 1 aliphatic heterocycles. The van der Waals surface area contributed by atoms with Gasteiger partial charge in [-0.2, -0.15) is 0 Å². The van der Waals surface area contributed by atoms with Crippen molar-refractivity contribution in [2.75, 3.05) is 39.3 Å². The Morgan fingerprint density at radius 1 is 1.11 bits per heavy atom. The van der Waals surface area contributed by atoms with Gasteiger partial charge in [-0.3, -0.25) is 9.80 Å². The monoisotopic (exact) mass is 253 g/mol. The molecule has 0 aromatic rings. The summed E-state index contributed by atoms with van der Waals surface area (Å²) in [6, 6.07) is 0.737. The van der Waals surface area contributed by atoms with E-state index in [0.717, 1.165) is 18.5 Å². The molecule has 1 saturated heterocycles. The molecule has 2 rings (SSSR count). The topological polar surface area (TPSA) is 18.5 Å². The number of nitrogens with one attached hydrogen (secondary N) is 1. The minimum Gasteiger partial charge on any atom is -0.313 e. The predicted octanol–water partition coefficient (Wildman–Crippen LogP) is 1.79. The molecule has 1 atom stereocenters. The van der Waals surface area contributed by atoms with Crippen LogP contribution in [0.3, 0.4) is 0 Å². The average molecular weight is 253 g/mol. The smallest absolute Gasteiger partial charge is 0.0126 e. The van der Waals surface area contributed by atoms with E-state index in [1.54, 1.807) is 0 Å². The van der Waals surface area contributed by atoms with Crippen LogP contribution < -0.4 is 5.32 Å². The Morgan fingerprint density at radius 2 is 1.72 bits per heavy atom. The molecule has 0 amide bonds. The van der Waals surface area contributed by atoms with Gasteiger partial charge in [0.15, 0.2) is 0 Å². The normalized spacial score (nSPS) is 25.3. The average Bonchev–Trinajstić information content (AvgIpc) is 3.12. The van der Waals surface area contributed by atoms with Gasteiger partial charge in [0, 0.05) is 50.8 Å². The summed E-state index contributed by atoms with van der Waals surface area (Å²) in [6.45, 7) is 16.6. The Bertz CT molecular complexity index is 247. The van der Waals surface area contributed by atoms with Crippen molar-refractivity contribution in [2.45, 2.75) is 52.1 Å². The molecule has 0 radical (unpaired) electrons. The van der Waals surface area contributed by atoms with E-state index in [4.69, 9.17) is 0 Å². The molecule has 1 N–H and O–H groups in total. The quantitative estimate of drug-likeness (QED) is 0.806. The van der Waals surface area contributed by atoms with E-state index in [2.05, 4.69) is 42.8 Å². The van der Waals surface area contributed by atoms with Crippen LogP contribution in [0.4, 0.5) is 0 Å². The molecule has 0 spiro atoms. The molecular weight excluding hydrogens is 222 g/mol. The Kier molecular flexibility index (Phi) is 4.68. The van der Waals surface area contributed by atoms with E-state index in [1.165, 1.54) is 45.6 Å². The number of hydrogen-bond acceptors (Lipinski definition) is 3. The first-order valence-electron chi connectivity index (χ1n) is 7.67. The molecule has 0 bridgehead atoms. The van der Waals surface area contributed by atoms with Crippen molar-refractivity contribution >= 4 is 0 Å². The first kappa shape index (κ1) is 14.3. The van der Waals surface area contributed by atoms with E-state index in [9.17, 15) is 0 Å². The fraction of sp³-hybridized carbons (Fsp3) is 1.00. The summed E-state index contributed by atoms with van der Waals surface area (Å²) in [5, 5.41) is 3.68. The van der Waals surface area contributed by atoms with Crippen LogP contribution in [-0.2, 0) is 0 Å². The van der Waals surface area contributed by atoms with E-state index in [0.29, 0.717) is 5.54 Å². The van der Waals surface area contributed by atoms with Gasteiger partial charge < -0.3 is 5.32 Å². The first-order chi connectivity index (χ1) is 8.47.